The molecule has 0 spiro atoms. The molecule has 1 unspecified atom stereocenters. The Morgan fingerprint density at radius 2 is 2.00 bits per heavy atom. The zero-order valence-corrected chi connectivity index (χ0v) is 8.99. The molecule has 4 nitrogen and oxygen atoms in total. The monoisotopic (exact) mass is 197 g/mol. The Morgan fingerprint density at radius 1 is 1.36 bits per heavy atom. The number of nitrogens with zero attached hydrogens (tertiary/aromatic N) is 2. The molecule has 1 N–H and O–H groups in total. The lowest BCUT2D eigenvalue weighted by Crippen LogP contribution is -2.58. The number of nitrogens with one attached hydrogen (secondary N) is 1. The van der Waals surface area contributed by atoms with E-state index in [1.54, 1.807) is 19.0 Å². The Kier molecular flexibility index (Phi) is 2.63. The molecule has 1 atom stereocenters. The van der Waals surface area contributed by atoms with Gasteiger partial charge in [0.05, 0.1) is 0 Å². The standard InChI is InChI=1S/C10H19N3O/c1-12(2)10(14)11-9-7-13-5-3-8(9)4-6-13/h8-9H,3-7H2,1-2H3,(H,11,14). The first-order chi connectivity index (χ1) is 6.66. The zero-order valence-electron chi connectivity index (χ0n) is 8.99. The predicted molar refractivity (Wildman–Crippen MR) is 55.2 cm³/mol. The second kappa shape index (κ2) is 3.77. The van der Waals surface area contributed by atoms with Crippen molar-refractivity contribution in [3.05, 3.63) is 0 Å². The summed E-state index contributed by atoms with van der Waals surface area (Å²) in [7, 11) is 3.58. The summed E-state index contributed by atoms with van der Waals surface area (Å²) in [5, 5.41) is 3.10. The molecule has 80 valence electrons. The van der Waals surface area contributed by atoms with Crippen molar-refractivity contribution in [3.8, 4) is 0 Å². The fourth-order valence-corrected chi connectivity index (χ4v) is 2.42. The second-order valence-corrected chi connectivity index (χ2v) is 4.59. The Balaban J connectivity index is 1.90. The van der Waals surface area contributed by atoms with Crippen molar-refractivity contribution in [2.45, 2.75) is 18.9 Å². The van der Waals surface area contributed by atoms with Gasteiger partial charge in [-0.15, -0.1) is 0 Å². The van der Waals surface area contributed by atoms with Gasteiger partial charge in [-0.2, -0.15) is 0 Å². The van der Waals surface area contributed by atoms with Gasteiger partial charge >= 0.3 is 6.03 Å². The number of urea groups is 1. The quantitative estimate of drug-likeness (QED) is 0.658. The van der Waals surface area contributed by atoms with E-state index in [-0.39, 0.29) is 6.03 Å². The molecule has 0 aliphatic carbocycles. The van der Waals surface area contributed by atoms with Gasteiger partial charge in [-0.25, -0.2) is 4.79 Å². The van der Waals surface area contributed by atoms with Crippen LogP contribution in [0.25, 0.3) is 0 Å². The minimum atomic E-state index is 0.0451. The maximum Gasteiger partial charge on any atom is 0.317 e. The van der Waals surface area contributed by atoms with Gasteiger partial charge in [0.1, 0.15) is 0 Å². The van der Waals surface area contributed by atoms with Crippen molar-refractivity contribution in [2.24, 2.45) is 5.92 Å². The summed E-state index contributed by atoms with van der Waals surface area (Å²) in [6, 6.07) is 0.427. The summed E-state index contributed by atoms with van der Waals surface area (Å²) in [4.78, 5) is 15.5. The molecule has 3 saturated heterocycles. The predicted octanol–water partition coefficient (Wildman–Crippen LogP) is 0.352. The molecule has 0 aromatic heterocycles. The highest BCUT2D eigenvalue weighted by Gasteiger charge is 2.34. The average Bonchev–Trinajstić information content (AvgIpc) is 2.19. The van der Waals surface area contributed by atoms with Crippen LogP contribution in [0.4, 0.5) is 4.79 Å². The number of amides is 2. The third-order valence-electron chi connectivity index (χ3n) is 3.37. The number of fused-ring (bicyclic) bond motifs is 3. The van der Waals surface area contributed by atoms with Gasteiger partial charge in [-0.3, -0.25) is 0 Å². The van der Waals surface area contributed by atoms with Gasteiger partial charge in [0.25, 0.3) is 0 Å². The summed E-state index contributed by atoms with van der Waals surface area (Å²) < 4.78 is 0. The molecule has 0 aromatic carbocycles. The number of carbonyl (C=O) groups is 1. The first-order valence-corrected chi connectivity index (χ1v) is 5.37. The lowest BCUT2D eigenvalue weighted by molar-refractivity contribution is 0.0744. The normalized spacial score (nSPS) is 35.4. The fourth-order valence-electron chi connectivity index (χ4n) is 2.42. The van der Waals surface area contributed by atoms with Gasteiger partial charge in [-0.1, -0.05) is 0 Å². The Bertz CT molecular complexity index is 221. The van der Waals surface area contributed by atoms with E-state index in [1.165, 1.54) is 25.9 Å². The summed E-state index contributed by atoms with van der Waals surface area (Å²) in [5.41, 5.74) is 0. The van der Waals surface area contributed by atoms with E-state index in [0.29, 0.717) is 12.0 Å². The summed E-state index contributed by atoms with van der Waals surface area (Å²) >= 11 is 0. The number of piperidine rings is 3. The number of hydrogen-bond donors (Lipinski definition) is 1. The van der Waals surface area contributed by atoms with Crippen molar-refractivity contribution in [3.63, 3.8) is 0 Å². The molecule has 3 aliphatic heterocycles. The Morgan fingerprint density at radius 3 is 2.43 bits per heavy atom. The molecule has 2 bridgehead atoms. The Hall–Kier alpha value is -0.770. The summed E-state index contributed by atoms with van der Waals surface area (Å²) in [5.74, 6) is 0.712. The van der Waals surface area contributed by atoms with Gasteiger partial charge in [0.2, 0.25) is 0 Å². The van der Waals surface area contributed by atoms with Crippen molar-refractivity contribution in [1.82, 2.24) is 15.1 Å². The van der Waals surface area contributed by atoms with Crippen LogP contribution in [0.3, 0.4) is 0 Å². The molecule has 0 radical (unpaired) electrons. The van der Waals surface area contributed by atoms with Gasteiger partial charge in [-0.05, 0) is 31.8 Å². The molecule has 3 aliphatic rings. The van der Waals surface area contributed by atoms with E-state index < -0.39 is 0 Å². The van der Waals surface area contributed by atoms with Crippen molar-refractivity contribution in [2.75, 3.05) is 33.7 Å². The van der Waals surface area contributed by atoms with Crippen molar-refractivity contribution in [1.29, 1.82) is 0 Å². The van der Waals surface area contributed by atoms with E-state index in [9.17, 15) is 4.79 Å². The van der Waals surface area contributed by atoms with Crippen LogP contribution in [0, 0.1) is 5.92 Å². The van der Waals surface area contributed by atoms with Gasteiger partial charge in [0, 0.05) is 26.7 Å². The number of carbonyl (C=O) groups excluding carboxylic acids is 1. The third-order valence-corrected chi connectivity index (χ3v) is 3.37. The highest BCUT2D eigenvalue weighted by Crippen LogP contribution is 2.27. The van der Waals surface area contributed by atoms with Crippen molar-refractivity contribution < 1.29 is 4.79 Å². The maximum absolute atomic E-state index is 11.5. The topological polar surface area (TPSA) is 35.6 Å². The highest BCUT2D eigenvalue weighted by molar-refractivity contribution is 5.73. The maximum atomic E-state index is 11.5. The Labute approximate surface area is 85.2 Å². The molecule has 0 aromatic rings. The molecule has 3 rings (SSSR count). The van der Waals surface area contributed by atoms with Gasteiger partial charge < -0.3 is 15.1 Å². The minimum absolute atomic E-state index is 0.0451. The SMILES string of the molecule is CN(C)C(=O)NC1CN2CCC1CC2. The number of rotatable bonds is 1. The smallest absolute Gasteiger partial charge is 0.317 e. The van der Waals surface area contributed by atoms with Crippen LogP contribution < -0.4 is 5.32 Å². The molecule has 2 amide bonds. The molecular formula is C10H19N3O. The van der Waals surface area contributed by atoms with E-state index in [0.717, 1.165) is 6.54 Å². The van der Waals surface area contributed by atoms with Crippen LogP contribution in [-0.4, -0.2) is 55.6 Å². The van der Waals surface area contributed by atoms with E-state index >= 15 is 0 Å². The third kappa shape index (κ3) is 1.85. The zero-order chi connectivity index (χ0) is 10.1. The van der Waals surface area contributed by atoms with Crippen LogP contribution in [0.2, 0.25) is 0 Å². The lowest BCUT2D eigenvalue weighted by atomic mass is 9.84. The highest BCUT2D eigenvalue weighted by atomic mass is 16.2. The van der Waals surface area contributed by atoms with E-state index in [4.69, 9.17) is 0 Å². The van der Waals surface area contributed by atoms with Crippen molar-refractivity contribution >= 4 is 6.03 Å². The summed E-state index contributed by atoms with van der Waals surface area (Å²) in [6.45, 7) is 3.49. The molecule has 3 heterocycles. The molecular weight excluding hydrogens is 178 g/mol. The van der Waals surface area contributed by atoms with Crippen LogP contribution >= 0.6 is 0 Å². The van der Waals surface area contributed by atoms with Crippen LogP contribution in [-0.2, 0) is 0 Å². The van der Waals surface area contributed by atoms with E-state index in [1.807, 2.05) is 0 Å². The first kappa shape index (κ1) is 9.77. The molecule has 4 heteroatoms. The second-order valence-electron chi connectivity index (χ2n) is 4.59. The minimum Gasteiger partial charge on any atom is -0.334 e. The van der Waals surface area contributed by atoms with Crippen LogP contribution in [0.5, 0.6) is 0 Å². The van der Waals surface area contributed by atoms with Crippen LogP contribution in [0.15, 0.2) is 0 Å². The molecule has 0 saturated carbocycles. The lowest BCUT2D eigenvalue weighted by Gasteiger charge is -2.45. The first-order valence-electron chi connectivity index (χ1n) is 5.37. The largest absolute Gasteiger partial charge is 0.334 e. The fraction of sp³-hybridized carbons (Fsp3) is 0.900. The molecule has 3 fully saturated rings. The molecule has 14 heavy (non-hydrogen) atoms. The van der Waals surface area contributed by atoms with Crippen LogP contribution in [0.1, 0.15) is 12.8 Å². The number of hydrogen-bond acceptors (Lipinski definition) is 2. The van der Waals surface area contributed by atoms with Gasteiger partial charge in [0.15, 0.2) is 0 Å². The summed E-state index contributed by atoms with van der Waals surface area (Å²) in [6.07, 6.45) is 2.50. The van der Waals surface area contributed by atoms with E-state index in [2.05, 4.69) is 10.2 Å². The average molecular weight is 197 g/mol.